The van der Waals surface area contributed by atoms with Gasteiger partial charge in [0.15, 0.2) is 0 Å². The average molecular weight is 401 g/mol. The first kappa shape index (κ1) is 18.8. The Kier molecular flexibility index (Phi) is 5.96. The van der Waals surface area contributed by atoms with Crippen LogP contribution in [0.5, 0.6) is 11.5 Å². The molecule has 0 unspecified atom stereocenters. The summed E-state index contributed by atoms with van der Waals surface area (Å²) >= 11 is 12.5. The maximum absolute atomic E-state index is 12.1. The van der Waals surface area contributed by atoms with Crippen LogP contribution >= 0.6 is 23.2 Å². The summed E-state index contributed by atoms with van der Waals surface area (Å²) in [6.07, 6.45) is 0. The van der Waals surface area contributed by atoms with E-state index in [1.165, 1.54) is 0 Å². The highest BCUT2D eigenvalue weighted by atomic mass is 35.5. The van der Waals surface area contributed by atoms with Gasteiger partial charge in [-0.2, -0.15) is 0 Å². The predicted molar refractivity (Wildman–Crippen MR) is 106 cm³/mol. The van der Waals surface area contributed by atoms with Crippen molar-refractivity contribution in [2.45, 2.75) is 0 Å². The predicted octanol–water partition coefficient (Wildman–Crippen LogP) is 5.75. The Labute approximate surface area is 165 Å². The van der Waals surface area contributed by atoms with E-state index in [9.17, 15) is 9.59 Å². The number of carbonyl (C=O) groups excluding carboxylic acids is 2. The molecule has 0 aromatic heterocycles. The number of hydrogen-bond acceptors (Lipinski definition) is 3. The number of anilines is 1. The number of para-hydroxylation sites is 1. The van der Waals surface area contributed by atoms with Crippen LogP contribution < -0.4 is 15.4 Å². The number of nitrogens with one attached hydrogen (secondary N) is 2. The third-order valence-electron chi connectivity index (χ3n) is 3.53. The van der Waals surface area contributed by atoms with E-state index >= 15 is 0 Å². The second kappa shape index (κ2) is 8.58. The lowest BCUT2D eigenvalue weighted by atomic mass is 10.2. The van der Waals surface area contributed by atoms with Crippen molar-refractivity contribution in [2.24, 2.45) is 0 Å². The van der Waals surface area contributed by atoms with Gasteiger partial charge < -0.3 is 10.1 Å². The van der Waals surface area contributed by atoms with Crippen molar-refractivity contribution in [1.29, 1.82) is 0 Å². The van der Waals surface area contributed by atoms with Crippen molar-refractivity contribution in [1.82, 2.24) is 5.32 Å². The Hall–Kier alpha value is -3.02. The molecule has 27 heavy (non-hydrogen) atoms. The Morgan fingerprint density at radius 3 is 2.07 bits per heavy atom. The highest BCUT2D eigenvalue weighted by Gasteiger charge is 2.15. The molecule has 3 amide bonds. The van der Waals surface area contributed by atoms with Gasteiger partial charge in [0.05, 0.1) is 10.7 Å². The van der Waals surface area contributed by atoms with Gasteiger partial charge in [0.1, 0.15) is 16.5 Å². The van der Waals surface area contributed by atoms with Crippen LogP contribution in [0.4, 0.5) is 10.5 Å². The second-order valence-electron chi connectivity index (χ2n) is 5.43. The summed E-state index contributed by atoms with van der Waals surface area (Å²) in [5.41, 5.74) is 0.615. The summed E-state index contributed by atoms with van der Waals surface area (Å²) in [7, 11) is 0. The van der Waals surface area contributed by atoms with E-state index in [0.29, 0.717) is 17.1 Å². The lowest BCUT2D eigenvalue weighted by Gasteiger charge is -2.13. The molecule has 0 atom stereocenters. The molecule has 3 aromatic carbocycles. The molecule has 0 aliphatic carbocycles. The van der Waals surface area contributed by atoms with Gasteiger partial charge in [-0.25, -0.2) is 4.79 Å². The maximum atomic E-state index is 12.1. The molecule has 0 saturated carbocycles. The average Bonchev–Trinajstić information content (AvgIpc) is 2.69. The van der Waals surface area contributed by atoms with Crippen LogP contribution in [0.15, 0.2) is 72.8 Å². The topological polar surface area (TPSA) is 67.4 Å². The molecule has 0 radical (unpaired) electrons. The number of hydrogen-bond donors (Lipinski definition) is 2. The molecule has 0 aliphatic rings. The molecule has 7 heteroatoms. The van der Waals surface area contributed by atoms with Crippen molar-refractivity contribution in [3.63, 3.8) is 0 Å². The van der Waals surface area contributed by atoms with E-state index in [1.807, 2.05) is 18.2 Å². The minimum Gasteiger partial charge on any atom is -0.456 e. The van der Waals surface area contributed by atoms with Crippen LogP contribution in [0.3, 0.4) is 0 Å². The summed E-state index contributed by atoms with van der Waals surface area (Å²) < 4.78 is 5.67. The zero-order valence-corrected chi connectivity index (χ0v) is 15.4. The molecule has 0 saturated heterocycles. The van der Waals surface area contributed by atoms with Crippen LogP contribution in [-0.2, 0) is 0 Å². The van der Waals surface area contributed by atoms with Gasteiger partial charge in [-0.05, 0) is 36.4 Å². The molecule has 5 nitrogen and oxygen atoms in total. The Balaban J connectivity index is 1.69. The minimum atomic E-state index is -0.724. The van der Waals surface area contributed by atoms with Crippen LogP contribution in [0.2, 0.25) is 10.0 Å². The lowest BCUT2D eigenvalue weighted by Crippen LogP contribution is -2.34. The molecular formula is C20H14Cl2N2O3. The van der Waals surface area contributed by atoms with Crippen LogP contribution in [0.1, 0.15) is 10.4 Å². The molecule has 3 rings (SSSR count). The van der Waals surface area contributed by atoms with E-state index in [2.05, 4.69) is 10.6 Å². The fourth-order valence-electron chi connectivity index (χ4n) is 2.24. The number of halogens is 2. The SMILES string of the molecule is O=C(NC(=O)c1ccccc1)Nc1ccc(Oc2ccccc2)c(Cl)c1Cl. The van der Waals surface area contributed by atoms with Gasteiger partial charge in [0.2, 0.25) is 0 Å². The van der Waals surface area contributed by atoms with Crippen LogP contribution in [0.25, 0.3) is 0 Å². The maximum Gasteiger partial charge on any atom is 0.326 e. The normalized spacial score (nSPS) is 10.1. The molecule has 3 aromatic rings. The van der Waals surface area contributed by atoms with E-state index in [-0.39, 0.29) is 15.7 Å². The summed E-state index contributed by atoms with van der Waals surface area (Å²) in [4.78, 5) is 24.1. The zero-order valence-electron chi connectivity index (χ0n) is 13.9. The number of benzene rings is 3. The lowest BCUT2D eigenvalue weighted by molar-refractivity contribution is 0.0967. The smallest absolute Gasteiger partial charge is 0.326 e. The summed E-state index contributed by atoms with van der Waals surface area (Å²) in [6.45, 7) is 0. The van der Waals surface area contributed by atoms with E-state index in [0.717, 1.165) is 0 Å². The molecule has 136 valence electrons. The van der Waals surface area contributed by atoms with Crippen molar-refractivity contribution in [3.05, 3.63) is 88.4 Å². The fourth-order valence-corrected chi connectivity index (χ4v) is 2.65. The molecule has 2 N–H and O–H groups in total. The van der Waals surface area contributed by atoms with Crippen molar-refractivity contribution in [2.75, 3.05) is 5.32 Å². The summed E-state index contributed by atoms with van der Waals surface area (Å²) in [5.74, 6) is 0.418. The number of rotatable bonds is 4. The van der Waals surface area contributed by atoms with Crippen LogP contribution in [0, 0.1) is 0 Å². The van der Waals surface area contributed by atoms with Crippen LogP contribution in [-0.4, -0.2) is 11.9 Å². The molecule has 0 spiro atoms. The number of imide groups is 1. The molecule has 0 fully saturated rings. The number of urea groups is 1. The van der Waals surface area contributed by atoms with E-state index < -0.39 is 11.9 Å². The Morgan fingerprint density at radius 1 is 0.778 bits per heavy atom. The highest BCUT2D eigenvalue weighted by molar-refractivity contribution is 6.45. The van der Waals surface area contributed by atoms with Gasteiger partial charge in [-0.15, -0.1) is 0 Å². The third-order valence-corrected chi connectivity index (χ3v) is 4.39. The Morgan fingerprint density at radius 2 is 1.41 bits per heavy atom. The first-order valence-electron chi connectivity index (χ1n) is 7.93. The van der Waals surface area contributed by atoms with Crippen molar-refractivity contribution >= 4 is 40.8 Å². The van der Waals surface area contributed by atoms with Gasteiger partial charge in [0.25, 0.3) is 5.91 Å². The number of carbonyl (C=O) groups is 2. The third kappa shape index (κ3) is 4.78. The largest absolute Gasteiger partial charge is 0.456 e. The quantitative estimate of drug-likeness (QED) is 0.585. The van der Waals surface area contributed by atoms with Gasteiger partial charge in [-0.1, -0.05) is 59.6 Å². The van der Waals surface area contributed by atoms with Crippen molar-refractivity contribution < 1.29 is 14.3 Å². The first-order chi connectivity index (χ1) is 13.0. The zero-order chi connectivity index (χ0) is 19.2. The number of amides is 3. The van der Waals surface area contributed by atoms with Crippen molar-refractivity contribution in [3.8, 4) is 11.5 Å². The molecule has 0 bridgehead atoms. The fraction of sp³-hybridized carbons (Fsp3) is 0. The van der Waals surface area contributed by atoms with E-state index in [1.54, 1.807) is 54.6 Å². The van der Waals surface area contributed by atoms with Gasteiger partial charge in [0, 0.05) is 5.56 Å². The monoisotopic (exact) mass is 400 g/mol. The summed E-state index contributed by atoms with van der Waals surface area (Å²) in [6, 6.07) is 19.9. The van der Waals surface area contributed by atoms with Gasteiger partial charge >= 0.3 is 6.03 Å². The summed E-state index contributed by atoms with van der Waals surface area (Å²) in [5, 5.41) is 4.97. The minimum absolute atomic E-state index is 0.104. The van der Waals surface area contributed by atoms with E-state index in [4.69, 9.17) is 27.9 Å². The molecular weight excluding hydrogens is 387 g/mol. The van der Waals surface area contributed by atoms with Gasteiger partial charge in [-0.3, -0.25) is 10.1 Å². The molecule has 0 aliphatic heterocycles. The second-order valence-corrected chi connectivity index (χ2v) is 6.18. The number of ether oxygens (including phenoxy) is 1. The first-order valence-corrected chi connectivity index (χ1v) is 8.68. The highest BCUT2D eigenvalue weighted by Crippen LogP contribution is 2.39. The standard InChI is InChI=1S/C20H14Cl2N2O3/c21-17-15(23-20(26)24-19(25)13-7-3-1-4-8-13)11-12-16(18(17)22)27-14-9-5-2-6-10-14/h1-12H,(H2,23,24,25,26). The Bertz CT molecular complexity index is 964. The molecule has 0 heterocycles.